The van der Waals surface area contributed by atoms with Crippen LogP contribution in [-0.4, -0.2) is 28.1 Å². The van der Waals surface area contributed by atoms with Crippen LogP contribution >= 0.6 is 0 Å². The van der Waals surface area contributed by atoms with Gasteiger partial charge in [0.1, 0.15) is 23.3 Å². The summed E-state index contributed by atoms with van der Waals surface area (Å²) in [5.41, 5.74) is 1.83. The van der Waals surface area contributed by atoms with E-state index in [1.165, 1.54) is 36.8 Å². The van der Waals surface area contributed by atoms with Crippen molar-refractivity contribution in [3.63, 3.8) is 0 Å². The summed E-state index contributed by atoms with van der Waals surface area (Å²) in [5, 5.41) is 5.94. The first-order chi connectivity index (χ1) is 17.3. The van der Waals surface area contributed by atoms with E-state index >= 15 is 0 Å². The fraction of sp³-hybridized carbons (Fsp3) is 0.185. The lowest BCUT2D eigenvalue weighted by molar-refractivity contribution is 0.0635. The zero-order valence-electron chi connectivity index (χ0n) is 20.7. The quantitative estimate of drug-likeness (QED) is 0.263. The summed E-state index contributed by atoms with van der Waals surface area (Å²) in [4.78, 5) is 25.9. The predicted molar refractivity (Wildman–Crippen MR) is 141 cm³/mol. The SMILES string of the molecule is CC(C)(C)OC(=O)Nc1ccc(-c2ccc(F)cc2)cc1NC(=O)c1ccc2c(S(C)(=N)=O)coc2c1. The highest BCUT2D eigenvalue weighted by atomic mass is 32.2. The van der Waals surface area contributed by atoms with Gasteiger partial charge in [0.2, 0.25) is 0 Å². The fourth-order valence-corrected chi connectivity index (χ4v) is 4.45. The summed E-state index contributed by atoms with van der Waals surface area (Å²) < 4.78 is 44.2. The van der Waals surface area contributed by atoms with E-state index in [1.54, 1.807) is 57.2 Å². The Morgan fingerprint density at radius 1 is 0.946 bits per heavy atom. The lowest BCUT2D eigenvalue weighted by Gasteiger charge is -2.21. The zero-order valence-corrected chi connectivity index (χ0v) is 21.5. The number of amides is 2. The minimum atomic E-state index is -3.00. The molecule has 0 bridgehead atoms. The van der Waals surface area contributed by atoms with Crippen molar-refractivity contribution >= 4 is 44.1 Å². The molecule has 3 aromatic carbocycles. The molecule has 4 aromatic rings. The predicted octanol–water partition coefficient (Wildman–Crippen LogP) is 6.87. The van der Waals surface area contributed by atoms with Crippen molar-refractivity contribution in [1.29, 1.82) is 4.78 Å². The number of fused-ring (bicyclic) bond motifs is 1. The Bertz CT molecular complexity index is 1600. The van der Waals surface area contributed by atoms with E-state index in [2.05, 4.69) is 10.6 Å². The molecule has 0 saturated heterocycles. The van der Waals surface area contributed by atoms with E-state index in [1.807, 2.05) is 0 Å². The molecule has 0 aliphatic heterocycles. The Hall–Kier alpha value is -4.18. The molecule has 0 saturated carbocycles. The van der Waals surface area contributed by atoms with Gasteiger partial charge in [0.15, 0.2) is 0 Å². The molecule has 37 heavy (non-hydrogen) atoms. The molecular weight excluding hydrogens is 497 g/mol. The Kier molecular flexibility index (Phi) is 6.79. The average molecular weight is 524 g/mol. The van der Waals surface area contributed by atoms with Crippen molar-refractivity contribution in [1.82, 2.24) is 0 Å². The van der Waals surface area contributed by atoms with Crippen molar-refractivity contribution in [3.8, 4) is 11.1 Å². The van der Waals surface area contributed by atoms with E-state index in [0.717, 1.165) is 0 Å². The van der Waals surface area contributed by atoms with Crippen molar-refractivity contribution in [2.24, 2.45) is 0 Å². The number of anilines is 2. The van der Waals surface area contributed by atoms with Crippen molar-refractivity contribution in [2.75, 3.05) is 16.9 Å². The van der Waals surface area contributed by atoms with Crippen LogP contribution in [0.3, 0.4) is 0 Å². The topological polar surface area (TPSA) is 121 Å². The molecule has 10 heteroatoms. The molecule has 2 amide bonds. The van der Waals surface area contributed by atoms with Gasteiger partial charge >= 0.3 is 6.09 Å². The summed E-state index contributed by atoms with van der Waals surface area (Å²) in [7, 11) is -3.00. The molecule has 4 rings (SSSR count). The molecule has 0 aliphatic carbocycles. The molecule has 0 fully saturated rings. The average Bonchev–Trinajstić information content (AvgIpc) is 3.23. The molecule has 1 heterocycles. The van der Waals surface area contributed by atoms with Gasteiger partial charge in [-0.3, -0.25) is 10.1 Å². The standard InChI is InChI=1S/C27H26FN3O5S/c1-27(2,3)36-26(33)31-21-12-8-17(16-5-9-19(28)10-6-16)13-22(21)30-25(32)18-7-11-20-23(14-18)35-15-24(20)37(4,29)34/h5-15,29H,1-4H3,(H,30,32)(H,31,33). The van der Waals surface area contributed by atoms with E-state index in [4.69, 9.17) is 13.9 Å². The third-order valence-corrected chi connectivity index (χ3v) is 6.46. The Morgan fingerprint density at radius 3 is 2.27 bits per heavy atom. The maximum Gasteiger partial charge on any atom is 0.412 e. The number of furan rings is 1. The van der Waals surface area contributed by atoms with Gasteiger partial charge in [-0.05, 0) is 74.4 Å². The minimum absolute atomic E-state index is 0.247. The van der Waals surface area contributed by atoms with Crippen molar-refractivity contribution in [2.45, 2.75) is 31.3 Å². The van der Waals surface area contributed by atoms with Gasteiger partial charge in [-0.1, -0.05) is 18.2 Å². The number of rotatable bonds is 5. The first kappa shape index (κ1) is 25.9. The van der Waals surface area contributed by atoms with Crippen LogP contribution in [0.5, 0.6) is 0 Å². The van der Waals surface area contributed by atoms with E-state index in [0.29, 0.717) is 33.5 Å². The molecule has 0 spiro atoms. The molecule has 1 aromatic heterocycles. The van der Waals surface area contributed by atoms with Gasteiger partial charge in [0.25, 0.3) is 5.91 Å². The Morgan fingerprint density at radius 2 is 1.62 bits per heavy atom. The number of nitrogens with one attached hydrogen (secondary N) is 3. The van der Waals surface area contributed by atoms with Crippen LogP contribution in [0.25, 0.3) is 22.1 Å². The molecular formula is C27H26FN3O5S. The van der Waals surface area contributed by atoms with Gasteiger partial charge in [-0.15, -0.1) is 0 Å². The van der Waals surface area contributed by atoms with E-state index < -0.39 is 27.3 Å². The molecule has 1 atom stereocenters. The molecule has 0 radical (unpaired) electrons. The summed E-state index contributed by atoms with van der Waals surface area (Å²) in [6, 6.07) is 15.5. The monoisotopic (exact) mass is 523 g/mol. The van der Waals surface area contributed by atoms with E-state index in [-0.39, 0.29) is 16.3 Å². The molecule has 0 aliphatic rings. The van der Waals surface area contributed by atoms with Crippen molar-refractivity contribution in [3.05, 3.63) is 78.3 Å². The Balaban J connectivity index is 1.68. The lowest BCUT2D eigenvalue weighted by Crippen LogP contribution is -2.27. The smallest absolute Gasteiger partial charge is 0.412 e. The highest BCUT2D eigenvalue weighted by Crippen LogP contribution is 2.31. The number of carbonyl (C=O) groups is 2. The second kappa shape index (κ2) is 9.70. The third-order valence-electron chi connectivity index (χ3n) is 5.30. The fourth-order valence-electron chi connectivity index (χ4n) is 3.63. The maximum absolute atomic E-state index is 13.4. The van der Waals surface area contributed by atoms with Crippen LogP contribution in [0.15, 0.2) is 76.2 Å². The summed E-state index contributed by atoms with van der Waals surface area (Å²) >= 11 is 0. The van der Waals surface area contributed by atoms with E-state index in [9.17, 15) is 18.2 Å². The first-order valence-corrected chi connectivity index (χ1v) is 13.2. The normalized spacial score (nSPS) is 13.1. The van der Waals surface area contributed by atoms with Gasteiger partial charge in [-0.2, -0.15) is 0 Å². The maximum atomic E-state index is 13.4. The zero-order chi connectivity index (χ0) is 27.0. The second-order valence-electron chi connectivity index (χ2n) is 9.50. The molecule has 192 valence electrons. The minimum Gasteiger partial charge on any atom is -0.463 e. The number of benzene rings is 3. The number of carbonyl (C=O) groups excluding carboxylic acids is 2. The largest absolute Gasteiger partial charge is 0.463 e. The number of halogens is 1. The van der Waals surface area contributed by atoms with Gasteiger partial charge < -0.3 is 14.5 Å². The molecule has 8 nitrogen and oxygen atoms in total. The van der Waals surface area contributed by atoms with Crippen LogP contribution in [0.4, 0.5) is 20.6 Å². The Labute approximate surface area is 213 Å². The summed E-state index contributed by atoms with van der Waals surface area (Å²) in [6.07, 6.45) is 1.86. The van der Waals surface area contributed by atoms with Crippen LogP contribution in [0.1, 0.15) is 31.1 Å². The number of ether oxygens (including phenoxy) is 1. The highest BCUT2D eigenvalue weighted by molar-refractivity contribution is 7.92. The van der Waals surface area contributed by atoms with Gasteiger partial charge in [0, 0.05) is 17.2 Å². The highest BCUT2D eigenvalue weighted by Gasteiger charge is 2.20. The van der Waals surface area contributed by atoms with Crippen LogP contribution in [0, 0.1) is 10.6 Å². The second-order valence-corrected chi connectivity index (χ2v) is 11.6. The van der Waals surface area contributed by atoms with Crippen LogP contribution in [0.2, 0.25) is 0 Å². The van der Waals surface area contributed by atoms with Crippen LogP contribution < -0.4 is 10.6 Å². The van der Waals surface area contributed by atoms with Gasteiger partial charge in [0.05, 0.1) is 26.0 Å². The molecule has 3 N–H and O–H groups in total. The lowest BCUT2D eigenvalue weighted by atomic mass is 10.0. The summed E-state index contributed by atoms with van der Waals surface area (Å²) in [6.45, 7) is 5.21. The molecule has 1 unspecified atom stereocenters. The number of hydrogen-bond donors (Lipinski definition) is 3. The third kappa shape index (κ3) is 6.15. The first-order valence-electron chi connectivity index (χ1n) is 11.3. The van der Waals surface area contributed by atoms with Crippen molar-refractivity contribution < 1.29 is 27.3 Å². The van der Waals surface area contributed by atoms with Crippen LogP contribution in [-0.2, 0) is 14.5 Å². The summed E-state index contributed by atoms with van der Waals surface area (Å²) in [5.74, 6) is -0.868. The number of hydrogen-bond acceptors (Lipinski definition) is 6. The van der Waals surface area contributed by atoms with Gasteiger partial charge in [-0.25, -0.2) is 18.2 Å².